The number of hydrogen-bond donors (Lipinski definition) is 2. The molecule has 0 bridgehead atoms. The Morgan fingerprint density at radius 2 is 2.08 bits per heavy atom. The Morgan fingerprint density at radius 3 is 2.69 bits per heavy atom. The summed E-state index contributed by atoms with van der Waals surface area (Å²) in [5, 5.41) is 20.8. The number of halogens is 1. The first-order valence-electron chi connectivity index (χ1n) is 7.63. The standard InChI is InChI=1S/C19H15IN2O4/c1-2-26-17-7-6-12(9-16(17)20)8-14(11-21)18(23)22-15-5-3-4-13(10-15)19(24)25/h3-10H,2H2,1H3,(H,22,23)(H,24,25)/b14-8-. The molecule has 0 radical (unpaired) electrons. The number of nitrogens with zero attached hydrogens (tertiary/aromatic N) is 1. The third-order valence-corrected chi connectivity index (χ3v) is 4.14. The molecule has 0 aliphatic heterocycles. The summed E-state index contributed by atoms with van der Waals surface area (Å²) in [6, 6.07) is 13.0. The molecule has 26 heavy (non-hydrogen) atoms. The highest BCUT2D eigenvalue weighted by Gasteiger charge is 2.11. The molecule has 0 aliphatic rings. The molecule has 0 heterocycles. The first-order chi connectivity index (χ1) is 12.4. The van der Waals surface area contributed by atoms with Crippen LogP contribution in [-0.4, -0.2) is 23.6 Å². The first kappa shape index (κ1) is 19.5. The number of carbonyl (C=O) groups excluding carboxylic acids is 1. The van der Waals surface area contributed by atoms with Crippen molar-refractivity contribution in [2.45, 2.75) is 6.92 Å². The van der Waals surface area contributed by atoms with Crippen LogP contribution in [-0.2, 0) is 4.79 Å². The predicted molar refractivity (Wildman–Crippen MR) is 106 cm³/mol. The lowest BCUT2D eigenvalue weighted by molar-refractivity contribution is -0.112. The van der Waals surface area contributed by atoms with E-state index in [-0.39, 0.29) is 11.1 Å². The number of carboxylic acid groups (broad SMARTS) is 1. The fourth-order valence-corrected chi connectivity index (χ4v) is 2.82. The van der Waals surface area contributed by atoms with Crippen molar-refractivity contribution in [3.63, 3.8) is 0 Å². The first-order valence-corrected chi connectivity index (χ1v) is 8.71. The largest absolute Gasteiger partial charge is 0.493 e. The zero-order valence-corrected chi connectivity index (χ0v) is 16.0. The predicted octanol–water partition coefficient (Wildman–Crippen LogP) is 3.93. The van der Waals surface area contributed by atoms with Gasteiger partial charge in [-0.1, -0.05) is 12.1 Å². The number of nitriles is 1. The van der Waals surface area contributed by atoms with E-state index in [1.54, 1.807) is 24.3 Å². The van der Waals surface area contributed by atoms with Crippen LogP contribution < -0.4 is 10.1 Å². The van der Waals surface area contributed by atoms with Gasteiger partial charge in [-0.3, -0.25) is 4.79 Å². The van der Waals surface area contributed by atoms with Crippen LogP contribution in [0.15, 0.2) is 48.0 Å². The van der Waals surface area contributed by atoms with E-state index < -0.39 is 11.9 Å². The SMILES string of the molecule is CCOc1ccc(/C=C(/C#N)C(=O)Nc2cccc(C(=O)O)c2)cc1I. The van der Waals surface area contributed by atoms with Crippen LogP contribution in [0.3, 0.4) is 0 Å². The van der Waals surface area contributed by atoms with Crippen LogP contribution >= 0.6 is 22.6 Å². The van der Waals surface area contributed by atoms with Crippen molar-refractivity contribution >= 4 is 46.2 Å². The lowest BCUT2D eigenvalue weighted by Gasteiger charge is -2.07. The minimum Gasteiger partial charge on any atom is -0.493 e. The highest BCUT2D eigenvalue weighted by Crippen LogP contribution is 2.23. The maximum atomic E-state index is 12.3. The fourth-order valence-electron chi connectivity index (χ4n) is 2.12. The maximum Gasteiger partial charge on any atom is 0.335 e. The zero-order chi connectivity index (χ0) is 19.1. The van der Waals surface area contributed by atoms with Crippen LogP contribution in [0, 0.1) is 14.9 Å². The Kier molecular flexibility index (Phi) is 6.74. The summed E-state index contributed by atoms with van der Waals surface area (Å²) in [5.41, 5.74) is 0.943. The quantitative estimate of drug-likeness (QED) is 0.385. The number of carbonyl (C=O) groups is 2. The number of amides is 1. The second kappa shape index (κ2) is 9.01. The summed E-state index contributed by atoms with van der Waals surface area (Å²) in [7, 11) is 0. The van der Waals surface area contributed by atoms with E-state index in [0.29, 0.717) is 17.9 Å². The number of anilines is 1. The third-order valence-electron chi connectivity index (χ3n) is 3.30. The second-order valence-corrected chi connectivity index (χ2v) is 6.29. The number of carboxylic acids is 1. The molecule has 0 fully saturated rings. The highest BCUT2D eigenvalue weighted by molar-refractivity contribution is 14.1. The number of nitrogens with one attached hydrogen (secondary N) is 1. The molecular formula is C19H15IN2O4. The molecular weight excluding hydrogens is 447 g/mol. The van der Waals surface area contributed by atoms with Crippen molar-refractivity contribution in [3.8, 4) is 11.8 Å². The van der Waals surface area contributed by atoms with Crippen molar-refractivity contribution < 1.29 is 19.4 Å². The van der Waals surface area contributed by atoms with Gasteiger partial charge in [0.25, 0.3) is 5.91 Å². The molecule has 0 saturated carbocycles. The van der Waals surface area contributed by atoms with Gasteiger partial charge in [0.1, 0.15) is 17.4 Å². The van der Waals surface area contributed by atoms with Gasteiger partial charge in [-0.2, -0.15) is 5.26 Å². The average Bonchev–Trinajstić information content (AvgIpc) is 2.62. The molecule has 2 rings (SSSR count). The third kappa shape index (κ3) is 5.07. The molecule has 2 aromatic carbocycles. The summed E-state index contributed by atoms with van der Waals surface area (Å²) in [5.74, 6) is -0.973. The molecule has 132 valence electrons. The van der Waals surface area contributed by atoms with Gasteiger partial charge in [-0.05, 0) is 71.5 Å². The molecule has 0 unspecified atom stereocenters. The van der Waals surface area contributed by atoms with E-state index in [2.05, 4.69) is 27.9 Å². The van der Waals surface area contributed by atoms with Gasteiger partial charge in [0.2, 0.25) is 0 Å². The molecule has 0 saturated heterocycles. The molecule has 0 spiro atoms. The van der Waals surface area contributed by atoms with Gasteiger partial charge in [-0.15, -0.1) is 0 Å². The van der Waals surface area contributed by atoms with Crippen molar-refractivity contribution in [2.24, 2.45) is 0 Å². The summed E-state index contributed by atoms with van der Waals surface area (Å²) >= 11 is 2.12. The number of aromatic carboxylic acids is 1. The molecule has 7 heteroatoms. The zero-order valence-electron chi connectivity index (χ0n) is 13.8. The highest BCUT2D eigenvalue weighted by atomic mass is 127. The Labute approximate surface area is 164 Å². The van der Waals surface area contributed by atoms with Gasteiger partial charge < -0.3 is 15.2 Å². The van der Waals surface area contributed by atoms with Crippen molar-refractivity contribution in [2.75, 3.05) is 11.9 Å². The lowest BCUT2D eigenvalue weighted by Crippen LogP contribution is -2.14. The molecule has 0 aliphatic carbocycles. The summed E-state index contributed by atoms with van der Waals surface area (Å²) < 4.78 is 6.33. The van der Waals surface area contributed by atoms with E-state index in [0.717, 1.165) is 9.32 Å². The molecule has 1 amide bonds. The Morgan fingerprint density at radius 1 is 1.31 bits per heavy atom. The topological polar surface area (TPSA) is 99.4 Å². The minimum absolute atomic E-state index is 0.0475. The molecule has 2 N–H and O–H groups in total. The Balaban J connectivity index is 2.22. The van der Waals surface area contributed by atoms with E-state index in [4.69, 9.17) is 9.84 Å². The van der Waals surface area contributed by atoms with Gasteiger partial charge >= 0.3 is 5.97 Å². The fraction of sp³-hybridized carbons (Fsp3) is 0.105. The molecule has 2 aromatic rings. The van der Waals surface area contributed by atoms with Gasteiger partial charge in [-0.25, -0.2) is 4.79 Å². The van der Waals surface area contributed by atoms with E-state index in [1.807, 2.05) is 13.0 Å². The molecule has 6 nitrogen and oxygen atoms in total. The number of ether oxygens (including phenoxy) is 1. The smallest absolute Gasteiger partial charge is 0.335 e. The molecule has 0 aromatic heterocycles. The van der Waals surface area contributed by atoms with Crippen LogP contribution in [0.4, 0.5) is 5.69 Å². The summed E-state index contributed by atoms with van der Waals surface area (Å²) in [4.78, 5) is 23.3. The van der Waals surface area contributed by atoms with Crippen LogP contribution in [0.1, 0.15) is 22.8 Å². The van der Waals surface area contributed by atoms with Gasteiger partial charge in [0, 0.05) is 5.69 Å². The molecule has 0 atom stereocenters. The average molecular weight is 462 g/mol. The van der Waals surface area contributed by atoms with E-state index in [9.17, 15) is 14.9 Å². The van der Waals surface area contributed by atoms with E-state index in [1.165, 1.54) is 24.3 Å². The Hall–Kier alpha value is -2.86. The van der Waals surface area contributed by atoms with Crippen molar-refractivity contribution in [1.29, 1.82) is 5.26 Å². The van der Waals surface area contributed by atoms with Crippen LogP contribution in [0.2, 0.25) is 0 Å². The normalized spacial score (nSPS) is 10.7. The Bertz CT molecular complexity index is 916. The number of benzene rings is 2. The van der Waals surface area contributed by atoms with Gasteiger partial charge in [0.15, 0.2) is 0 Å². The van der Waals surface area contributed by atoms with Crippen molar-refractivity contribution in [3.05, 3.63) is 62.7 Å². The number of hydrogen-bond acceptors (Lipinski definition) is 4. The lowest BCUT2D eigenvalue weighted by atomic mass is 10.1. The number of rotatable bonds is 6. The monoisotopic (exact) mass is 462 g/mol. The van der Waals surface area contributed by atoms with Crippen LogP contribution in [0.5, 0.6) is 5.75 Å². The van der Waals surface area contributed by atoms with Gasteiger partial charge in [0.05, 0.1) is 15.7 Å². The maximum absolute atomic E-state index is 12.3. The van der Waals surface area contributed by atoms with Crippen LogP contribution in [0.25, 0.3) is 6.08 Å². The summed E-state index contributed by atoms with van der Waals surface area (Å²) in [6.07, 6.45) is 1.47. The van der Waals surface area contributed by atoms with Crippen molar-refractivity contribution in [1.82, 2.24) is 0 Å². The van der Waals surface area contributed by atoms with E-state index >= 15 is 0 Å². The summed E-state index contributed by atoms with van der Waals surface area (Å²) in [6.45, 7) is 2.44. The second-order valence-electron chi connectivity index (χ2n) is 5.13. The minimum atomic E-state index is -1.10.